The lowest BCUT2D eigenvalue weighted by Crippen LogP contribution is -2.51. The van der Waals surface area contributed by atoms with Gasteiger partial charge in [-0.2, -0.15) is 17.0 Å². The molecule has 4 N–H and O–H groups in total. The normalized spacial score (nSPS) is 21.9. The maximum atomic E-state index is 14.0. The van der Waals surface area contributed by atoms with Crippen molar-refractivity contribution in [1.82, 2.24) is 24.1 Å². The molecule has 0 saturated carbocycles. The smallest absolute Gasteiger partial charge is 0.407 e. The van der Waals surface area contributed by atoms with Crippen molar-refractivity contribution in [1.29, 1.82) is 0 Å². The number of thioether (sulfide) groups is 1. The van der Waals surface area contributed by atoms with E-state index in [2.05, 4.69) is 15.5 Å². The van der Waals surface area contributed by atoms with E-state index in [1.54, 1.807) is 42.5 Å². The molecule has 0 aromatic heterocycles. The van der Waals surface area contributed by atoms with E-state index >= 15 is 0 Å². The molecule has 5 aromatic carbocycles. The lowest BCUT2D eigenvalue weighted by Gasteiger charge is -2.31. The summed E-state index contributed by atoms with van der Waals surface area (Å²) in [5, 5.41) is 28.9. The predicted octanol–water partition coefficient (Wildman–Crippen LogP) is 6.52. The molecule has 7 aliphatic rings. The van der Waals surface area contributed by atoms with Crippen LogP contribution in [0, 0.1) is 30.6 Å². The van der Waals surface area contributed by atoms with Crippen LogP contribution in [0.25, 0.3) is 0 Å². The van der Waals surface area contributed by atoms with Gasteiger partial charge in [0.05, 0.1) is 77.2 Å². The molecule has 102 heavy (non-hydrogen) atoms. The summed E-state index contributed by atoms with van der Waals surface area (Å²) in [5.41, 5.74) is 2.44. The largest absolute Gasteiger partial charge is 0.492 e. The van der Waals surface area contributed by atoms with Crippen LogP contribution in [-0.2, 0) is 75.6 Å². The van der Waals surface area contributed by atoms with Crippen LogP contribution in [0.1, 0.15) is 57.2 Å². The first kappa shape index (κ1) is 76.4. The Balaban J connectivity index is 0.000000206. The molecule has 5 aromatic rings. The molecular formula is C70H91N5O23S4. The number of rotatable bonds is 32. The standard InChI is InChI=1S/C37H46N2O13S2.C33H45N3O10S2/c1-24(2)20-39(53(42,43)29-12-13-33-34(19-29)50-23-49-33)21-32(40)31(38-37(41)52-35-22-48-36-30(35)14-15-47-36)18-26-6-8-27(9-7-26)46-16-17-51-54(44,45)28-10-4-25(3)5-11-28;1-22(2)17-36(48(39,40)25-7-8-29-30(16-25)45-21-44-29)18-28(37)27(34-33(38)46-31-19-43-32-26(31)9-12-42-32)15-23-3-5-24(6-4-23)41-13-10-35-11-14-47-20-35/h4-13,19,24,30-32,35-36,40H,14-18,20-23H2,1-3H3,(H,38,41);3-8,16,22,26-28,31-32,37H,9-15,17-21H2,1-2H3,(H,34,38)/t30-,31-,32+,35-,36+;26-,27-,28+,31-,32+/m00/s1. The van der Waals surface area contributed by atoms with E-state index in [1.807, 2.05) is 70.6 Å². The molecule has 12 rings (SSSR count). The zero-order valence-corrected chi connectivity index (χ0v) is 60.9. The lowest BCUT2D eigenvalue weighted by atomic mass is 10.0. The Morgan fingerprint density at radius 2 is 1.02 bits per heavy atom. The summed E-state index contributed by atoms with van der Waals surface area (Å²) >= 11 is 1.92. The highest BCUT2D eigenvalue weighted by molar-refractivity contribution is 7.99. The second kappa shape index (κ2) is 34.9. The van der Waals surface area contributed by atoms with Gasteiger partial charge < -0.3 is 77.7 Å². The molecule has 7 heterocycles. The van der Waals surface area contributed by atoms with Crippen LogP contribution in [-0.4, -0.2) is 221 Å². The van der Waals surface area contributed by atoms with Gasteiger partial charge >= 0.3 is 12.2 Å². The Hall–Kier alpha value is -6.76. The number of nitrogens with zero attached hydrogens (tertiary/aromatic N) is 3. The molecule has 5 fully saturated rings. The van der Waals surface area contributed by atoms with Crippen LogP contribution in [0.2, 0.25) is 0 Å². The summed E-state index contributed by atoms with van der Waals surface area (Å²) in [7, 11) is -12.1. The fourth-order valence-corrected chi connectivity index (χ4v) is 17.9. The van der Waals surface area contributed by atoms with Crippen molar-refractivity contribution < 1.29 is 106 Å². The van der Waals surface area contributed by atoms with Gasteiger partial charge in [0.2, 0.25) is 33.6 Å². The quantitative estimate of drug-likeness (QED) is 0.0263. The van der Waals surface area contributed by atoms with Gasteiger partial charge in [-0.1, -0.05) is 69.7 Å². The van der Waals surface area contributed by atoms with E-state index in [-0.39, 0.29) is 124 Å². The van der Waals surface area contributed by atoms with E-state index in [0.717, 1.165) is 48.0 Å². The highest BCUT2D eigenvalue weighted by Gasteiger charge is 2.46. The minimum atomic E-state index is -4.12. The Morgan fingerprint density at radius 3 is 1.47 bits per heavy atom. The Kier molecular flexibility index (Phi) is 26.1. The van der Waals surface area contributed by atoms with Gasteiger partial charge in [0.1, 0.15) is 43.5 Å². The zero-order chi connectivity index (χ0) is 72.1. The van der Waals surface area contributed by atoms with E-state index in [9.17, 15) is 45.1 Å². The minimum Gasteiger partial charge on any atom is -0.492 e. The van der Waals surface area contributed by atoms with E-state index < -0.39 is 85.1 Å². The van der Waals surface area contributed by atoms with Crippen molar-refractivity contribution >= 4 is 54.1 Å². The van der Waals surface area contributed by atoms with Crippen LogP contribution in [0.4, 0.5) is 9.59 Å². The molecule has 0 unspecified atom stereocenters. The summed E-state index contributed by atoms with van der Waals surface area (Å²) in [6.07, 6.45) is -4.25. The number of carbonyl (C=O) groups is 2. The van der Waals surface area contributed by atoms with Gasteiger partial charge in [-0.05, 0) is 116 Å². The molecule has 10 atom stereocenters. The van der Waals surface area contributed by atoms with Crippen LogP contribution in [0.15, 0.2) is 124 Å². The van der Waals surface area contributed by atoms with Crippen molar-refractivity contribution in [2.24, 2.45) is 23.7 Å². The van der Waals surface area contributed by atoms with Gasteiger partial charge in [0.25, 0.3) is 10.1 Å². The molecule has 0 bridgehead atoms. The van der Waals surface area contributed by atoms with E-state index in [4.69, 9.17) is 61.0 Å². The van der Waals surface area contributed by atoms with Crippen LogP contribution >= 0.6 is 11.8 Å². The molecule has 0 aliphatic carbocycles. The zero-order valence-electron chi connectivity index (χ0n) is 57.6. The van der Waals surface area contributed by atoms with E-state index in [1.165, 1.54) is 51.1 Å². The van der Waals surface area contributed by atoms with Gasteiger partial charge in [0, 0.05) is 63.0 Å². The second-order valence-electron chi connectivity index (χ2n) is 26.7. The van der Waals surface area contributed by atoms with Gasteiger partial charge in [-0.3, -0.25) is 9.08 Å². The van der Waals surface area contributed by atoms with Crippen molar-refractivity contribution in [3.8, 4) is 34.5 Å². The lowest BCUT2D eigenvalue weighted by molar-refractivity contribution is -0.0909. The number of aryl methyl sites for hydroxylation is 1. The molecule has 2 amide bonds. The first-order valence-electron chi connectivity index (χ1n) is 34.2. The van der Waals surface area contributed by atoms with Gasteiger partial charge in [-0.25, -0.2) is 26.4 Å². The molecule has 0 radical (unpaired) electrons. The third-order valence-corrected chi connectivity index (χ3v) is 24.1. The molecule has 7 aliphatic heterocycles. The number of nitrogens with one attached hydrogen (secondary N) is 2. The number of amides is 2. The molecule has 558 valence electrons. The highest BCUT2D eigenvalue weighted by atomic mass is 32.2. The fraction of sp³-hybridized carbons (Fsp3) is 0.543. The molecule has 5 saturated heterocycles. The number of aliphatic hydroxyl groups is 2. The third-order valence-electron chi connectivity index (χ3n) is 18.1. The minimum absolute atomic E-state index is 0.0154. The maximum absolute atomic E-state index is 14.0. The second-order valence-corrected chi connectivity index (χ2v) is 33.2. The van der Waals surface area contributed by atoms with Crippen molar-refractivity contribution in [3.63, 3.8) is 0 Å². The maximum Gasteiger partial charge on any atom is 0.407 e. The van der Waals surface area contributed by atoms with Crippen LogP contribution in [0.5, 0.6) is 34.5 Å². The van der Waals surface area contributed by atoms with Crippen LogP contribution < -0.4 is 39.1 Å². The summed E-state index contributed by atoms with van der Waals surface area (Å²) in [6, 6.07) is 27.6. The summed E-state index contributed by atoms with van der Waals surface area (Å²) in [5.74, 6) is 4.60. The van der Waals surface area contributed by atoms with Gasteiger partial charge in [0.15, 0.2) is 35.6 Å². The molecule has 0 spiro atoms. The number of sulfonamides is 2. The number of fused-ring (bicyclic) bond motifs is 4. The summed E-state index contributed by atoms with van der Waals surface area (Å²) < 4.78 is 155. The Labute approximate surface area is 599 Å². The average Bonchev–Trinajstić information content (AvgIpc) is 1.04. The summed E-state index contributed by atoms with van der Waals surface area (Å²) in [4.78, 5) is 28.9. The Morgan fingerprint density at radius 1 is 0.569 bits per heavy atom. The highest BCUT2D eigenvalue weighted by Crippen LogP contribution is 2.38. The number of aliphatic hydroxyl groups excluding tert-OH is 2. The topological polar surface area (TPSA) is 331 Å². The first-order valence-corrected chi connectivity index (χ1v) is 39.6. The number of alkyl carbamates (subject to hydrolysis) is 2. The van der Waals surface area contributed by atoms with E-state index in [0.29, 0.717) is 60.6 Å². The van der Waals surface area contributed by atoms with Crippen molar-refractivity contribution in [2.45, 2.75) is 124 Å². The number of carbonyl (C=O) groups excluding carboxylic acids is 2. The fourth-order valence-electron chi connectivity index (χ4n) is 12.7. The third kappa shape index (κ3) is 20.2. The first-order chi connectivity index (χ1) is 48.9. The monoisotopic (exact) mass is 1500 g/mol. The average molecular weight is 1500 g/mol. The molecule has 28 nitrogen and oxygen atoms in total. The number of hydrogen-bond donors (Lipinski definition) is 4. The SMILES string of the molecule is CC(C)CN(C[C@@H](O)[C@H](Cc1ccc(OCCN2CCSC2)cc1)NC(=O)O[C@H]1CO[C@H]2OCC[C@H]21)S(=O)(=O)c1ccc2c(c1)OCO2.Cc1ccc(S(=O)(=O)OCCOc2ccc(C[C@H](NC(=O)O[C@H]3CO[C@H]4OCC[C@H]43)[C@H](O)CN(CC(C)C)S(=O)(=O)c3ccc4c(c3)OCO4)cc2)cc1. The van der Waals surface area contributed by atoms with Crippen molar-refractivity contribution in [3.05, 3.63) is 126 Å². The molecule has 32 heteroatoms. The van der Waals surface area contributed by atoms with Gasteiger partial charge in [-0.15, -0.1) is 11.8 Å². The number of ether oxygens (including phenoxy) is 12. The number of benzene rings is 5. The molecular weight excluding hydrogens is 1410 g/mol. The van der Waals surface area contributed by atoms with Crippen LogP contribution in [0.3, 0.4) is 0 Å². The predicted molar refractivity (Wildman–Crippen MR) is 371 cm³/mol. The Bertz CT molecular complexity index is 3950. The summed E-state index contributed by atoms with van der Waals surface area (Å²) in [6.45, 7) is 12.7. The number of hydrogen-bond acceptors (Lipinski definition) is 25. The van der Waals surface area contributed by atoms with Crippen molar-refractivity contribution in [2.75, 3.05) is 111 Å².